The van der Waals surface area contributed by atoms with Crippen LogP contribution in [0.25, 0.3) is 10.2 Å². The van der Waals surface area contributed by atoms with Gasteiger partial charge < -0.3 is 14.8 Å². The Balaban J connectivity index is 2.16. The molecule has 96 valence electrons. The fourth-order valence-electron chi connectivity index (χ4n) is 1.47. The smallest absolute Gasteiger partial charge is 0.280 e. The first-order valence-corrected chi connectivity index (χ1v) is 6.28. The predicted molar refractivity (Wildman–Crippen MR) is 70.4 cm³/mol. The first kappa shape index (κ1) is 12.8. The Morgan fingerprint density at radius 1 is 1.44 bits per heavy atom. The summed E-state index contributed by atoms with van der Waals surface area (Å²) in [6.07, 6.45) is 0. The molecule has 1 amide bonds. The number of benzene rings is 1. The van der Waals surface area contributed by atoms with Crippen molar-refractivity contribution in [1.29, 1.82) is 0 Å². The highest BCUT2D eigenvalue weighted by atomic mass is 32.1. The molecule has 5 nitrogen and oxygen atoms in total. The van der Waals surface area contributed by atoms with E-state index in [1.165, 1.54) is 11.3 Å². The first-order valence-electron chi connectivity index (χ1n) is 5.46. The SMILES string of the molecule is COCCNC(=O)c1nc2cc(OC)ccc2s1. The van der Waals surface area contributed by atoms with Crippen molar-refractivity contribution in [3.8, 4) is 5.75 Å². The summed E-state index contributed by atoms with van der Waals surface area (Å²) in [5.41, 5.74) is 0.774. The van der Waals surface area contributed by atoms with Crippen LogP contribution in [0.4, 0.5) is 0 Å². The van der Waals surface area contributed by atoms with Crippen molar-refractivity contribution in [2.75, 3.05) is 27.4 Å². The van der Waals surface area contributed by atoms with Gasteiger partial charge in [0, 0.05) is 19.7 Å². The molecule has 6 heteroatoms. The molecular weight excluding hydrogens is 252 g/mol. The van der Waals surface area contributed by atoms with E-state index in [2.05, 4.69) is 10.3 Å². The number of hydrogen-bond donors (Lipinski definition) is 1. The number of aromatic nitrogens is 1. The molecular formula is C12H14N2O3S. The number of methoxy groups -OCH3 is 2. The zero-order valence-corrected chi connectivity index (χ0v) is 11.0. The highest BCUT2D eigenvalue weighted by molar-refractivity contribution is 7.20. The third-order valence-electron chi connectivity index (χ3n) is 2.38. The van der Waals surface area contributed by atoms with Gasteiger partial charge in [-0.3, -0.25) is 4.79 Å². The third kappa shape index (κ3) is 2.77. The Morgan fingerprint density at radius 2 is 2.28 bits per heavy atom. The maximum atomic E-state index is 11.8. The average molecular weight is 266 g/mol. The van der Waals surface area contributed by atoms with Gasteiger partial charge in [-0.1, -0.05) is 0 Å². The standard InChI is InChI=1S/C12H14N2O3S/c1-16-6-5-13-11(15)12-14-9-7-8(17-2)3-4-10(9)18-12/h3-4,7H,5-6H2,1-2H3,(H,13,15). The van der Waals surface area contributed by atoms with E-state index in [9.17, 15) is 4.79 Å². The summed E-state index contributed by atoms with van der Waals surface area (Å²) in [4.78, 5) is 16.1. The van der Waals surface area contributed by atoms with Gasteiger partial charge in [0.1, 0.15) is 5.75 Å². The number of amides is 1. The molecule has 1 heterocycles. The predicted octanol–water partition coefficient (Wildman–Crippen LogP) is 1.68. The quantitative estimate of drug-likeness (QED) is 0.836. The van der Waals surface area contributed by atoms with Gasteiger partial charge in [-0.25, -0.2) is 4.98 Å². The van der Waals surface area contributed by atoms with E-state index in [0.29, 0.717) is 18.2 Å². The fraction of sp³-hybridized carbons (Fsp3) is 0.333. The number of thiazole rings is 1. The van der Waals surface area contributed by atoms with E-state index in [4.69, 9.17) is 9.47 Å². The topological polar surface area (TPSA) is 60.5 Å². The molecule has 0 aliphatic rings. The summed E-state index contributed by atoms with van der Waals surface area (Å²) in [6, 6.07) is 5.57. The van der Waals surface area contributed by atoms with Crippen LogP contribution < -0.4 is 10.1 Å². The van der Waals surface area contributed by atoms with Crippen LogP contribution in [0.1, 0.15) is 9.80 Å². The Morgan fingerprint density at radius 3 is 3.00 bits per heavy atom. The zero-order valence-electron chi connectivity index (χ0n) is 10.2. The number of rotatable bonds is 5. The van der Waals surface area contributed by atoms with Crippen molar-refractivity contribution in [1.82, 2.24) is 10.3 Å². The van der Waals surface area contributed by atoms with Crippen molar-refractivity contribution in [3.05, 3.63) is 23.2 Å². The lowest BCUT2D eigenvalue weighted by Gasteiger charge is -2.00. The van der Waals surface area contributed by atoms with Gasteiger partial charge in [-0.05, 0) is 12.1 Å². The van der Waals surface area contributed by atoms with Crippen molar-refractivity contribution in [3.63, 3.8) is 0 Å². The van der Waals surface area contributed by atoms with E-state index in [-0.39, 0.29) is 5.91 Å². The van der Waals surface area contributed by atoms with E-state index < -0.39 is 0 Å². The largest absolute Gasteiger partial charge is 0.497 e. The molecule has 2 aromatic rings. The van der Waals surface area contributed by atoms with Crippen LogP contribution >= 0.6 is 11.3 Å². The summed E-state index contributed by atoms with van der Waals surface area (Å²) in [7, 11) is 3.20. The summed E-state index contributed by atoms with van der Waals surface area (Å²) in [6.45, 7) is 0.971. The highest BCUT2D eigenvalue weighted by Crippen LogP contribution is 2.25. The molecule has 0 fully saturated rings. The number of fused-ring (bicyclic) bond motifs is 1. The van der Waals surface area contributed by atoms with Crippen molar-refractivity contribution >= 4 is 27.5 Å². The minimum Gasteiger partial charge on any atom is -0.497 e. The molecule has 0 unspecified atom stereocenters. The summed E-state index contributed by atoms with van der Waals surface area (Å²) in [5.74, 6) is 0.561. The second-order valence-corrected chi connectivity index (χ2v) is 4.63. The van der Waals surface area contributed by atoms with Crippen molar-refractivity contribution < 1.29 is 14.3 Å². The van der Waals surface area contributed by atoms with E-state index in [1.54, 1.807) is 14.2 Å². The number of nitrogens with one attached hydrogen (secondary N) is 1. The van der Waals surface area contributed by atoms with E-state index >= 15 is 0 Å². The molecule has 1 N–H and O–H groups in total. The monoisotopic (exact) mass is 266 g/mol. The Bertz CT molecular complexity index is 553. The second-order valence-electron chi connectivity index (χ2n) is 3.60. The number of carbonyl (C=O) groups excluding carboxylic acids is 1. The maximum absolute atomic E-state index is 11.8. The Kier molecular flexibility index (Phi) is 4.11. The van der Waals surface area contributed by atoms with Crippen molar-refractivity contribution in [2.45, 2.75) is 0 Å². The minimum atomic E-state index is -0.174. The van der Waals surface area contributed by atoms with Gasteiger partial charge >= 0.3 is 0 Å². The summed E-state index contributed by atoms with van der Waals surface area (Å²) >= 11 is 1.36. The molecule has 0 spiro atoms. The van der Waals surface area contributed by atoms with Gasteiger partial charge in [-0.2, -0.15) is 0 Å². The lowest BCUT2D eigenvalue weighted by Crippen LogP contribution is -2.26. The fourth-order valence-corrected chi connectivity index (χ4v) is 2.34. The number of ether oxygens (including phenoxy) is 2. The van der Waals surface area contributed by atoms with Gasteiger partial charge in [0.05, 0.1) is 23.9 Å². The lowest BCUT2D eigenvalue weighted by atomic mass is 10.3. The van der Waals surface area contributed by atoms with Crippen LogP contribution in [-0.2, 0) is 4.74 Å². The van der Waals surface area contributed by atoms with E-state index in [1.807, 2.05) is 18.2 Å². The molecule has 0 atom stereocenters. The molecule has 0 bridgehead atoms. The maximum Gasteiger partial charge on any atom is 0.280 e. The molecule has 0 aliphatic carbocycles. The van der Waals surface area contributed by atoms with Crippen LogP contribution in [0.5, 0.6) is 5.75 Å². The average Bonchev–Trinajstić information content (AvgIpc) is 2.81. The Labute approximate surface area is 109 Å². The molecule has 0 saturated heterocycles. The second kappa shape index (κ2) is 5.79. The van der Waals surface area contributed by atoms with Crippen LogP contribution in [0.15, 0.2) is 18.2 Å². The first-order chi connectivity index (χ1) is 8.74. The number of hydrogen-bond acceptors (Lipinski definition) is 5. The highest BCUT2D eigenvalue weighted by Gasteiger charge is 2.11. The number of carbonyl (C=O) groups is 1. The van der Waals surface area contributed by atoms with Gasteiger partial charge in [0.15, 0.2) is 5.01 Å². The molecule has 18 heavy (non-hydrogen) atoms. The zero-order chi connectivity index (χ0) is 13.0. The third-order valence-corrected chi connectivity index (χ3v) is 3.42. The van der Waals surface area contributed by atoms with Crippen LogP contribution in [0.3, 0.4) is 0 Å². The van der Waals surface area contributed by atoms with Gasteiger partial charge in [0.2, 0.25) is 0 Å². The summed E-state index contributed by atoms with van der Waals surface area (Å²) in [5, 5.41) is 3.20. The van der Waals surface area contributed by atoms with Crippen LogP contribution in [0.2, 0.25) is 0 Å². The normalized spacial score (nSPS) is 10.6. The minimum absolute atomic E-state index is 0.174. The van der Waals surface area contributed by atoms with Gasteiger partial charge in [0.25, 0.3) is 5.91 Å². The molecule has 0 aliphatic heterocycles. The van der Waals surface area contributed by atoms with E-state index in [0.717, 1.165) is 16.0 Å². The van der Waals surface area contributed by atoms with Crippen LogP contribution in [0, 0.1) is 0 Å². The molecule has 1 aromatic carbocycles. The number of nitrogens with zero attached hydrogens (tertiary/aromatic N) is 1. The van der Waals surface area contributed by atoms with Crippen LogP contribution in [-0.4, -0.2) is 38.3 Å². The van der Waals surface area contributed by atoms with Gasteiger partial charge in [-0.15, -0.1) is 11.3 Å². The van der Waals surface area contributed by atoms with Crippen molar-refractivity contribution in [2.24, 2.45) is 0 Å². The Hall–Kier alpha value is -1.66. The molecule has 1 aromatic heterocycles. The summed E-state index contributed by atoms with van der Waals surface area (Å²) < 4.78 is 11.0. The molecule has 0 radical (unpaired) electrons. The molecule has 2 rings (SSSR count). The lowest BCUT2D eigenvalue weighted by molar-refractivity contribution is 0.0937. The molecule has 0 saturated carbocycles.